The Balaban J connectivity index is 0. The molecule has 0 bridgehead atoms. The van der Waals surface area contributed by atoms with Crippen LogP contribution in [-0.2, 0) is 51.9 Å². The summed E-state index contributed by atoms with van der Waals surface area (Å²) in [6.07, 6.45) is 3.21. The van der Waals surface area contributed by atoms with Crippen molar-refractivity contribution in [1.29, 1.82) is 0 Å². The van der Waals surface area contributed by atoms with Gasteiger partial charge in [0.1, 0.15) is 13.1 Å². The number of nitrogens with one attached hydrogen (secondary N) is 1. The molecule has 1 saturated heterocycles. The second-order valence-electron chi connectivity index (χ2n) is 5.31. The number of rotatable bonds is 8. The number of imide groups is 1. The van der Waals surface area contributed by atoms with Crippen LogP contribution in [0.4, 0.5) is 4.79 Å². The van der Waals surface area contributed by atoms with Gasteiger partial charge in [0.05, 0.1) is 0 Å². The quantitative estimate of drug-likeness (QED) is 0.407. The maximum Gasteiger partial charge on any atom is 0.327 e. The van der Waals surface area contributed by atoms with Gasteiger partial charge in [0.25, 0.3) is 5.91 Å². The van der Waals surface area contributed by atoms with Crippen LogP contribution >= 0.6 is 0 Å². The van der Waals surface area contributed by atoms with Crippen molar-refractivity contribution in [2.75, 3.05) is 26.7 Å². The molecule has 9 nitrogen and oxygen atoms in total. The average molecular weight is 430 g/mol. The van der Waals surface area contributed by atoms with Gasteiger partial charge in [-0.3, -0.25) is 25.6 Å². The first-order valence-corrected chi connectivity index (χ1v) is 7.39. The van der Waals surface area contributed by atoms with E-state index in [1.165, 1.54) is 11.9 Å². The number of nitrogens with zero attached hydrogens (tertiary/aromatic N) is 2. The Morgan fingerprint density at radius 3 is 2.32 bits per heavy atom. The topological polar surface area (TPSA) is 124 Å². The molecular weight excluding hydrogens is 407 g/mol. The van der Waals surface area contributed by atoms with E-state index < -0.39 is 36.3 Å². The summed E-state index contributed by atoms with van der Waals surface area (Å²) in [5.41, 5.74) is 0. The molecule has 0 aromatic rings. The smallest absolute Gasteiger partial charge is 0.327 e. The van der Waals surface area contributed by atoms with Crippen molar-refractivity contribution in [3.8, 4) is 0 Å². The van der Waals surface area contributed by atoms with Gasteiger partial charge in [0.15, 0.2) is 0 Å². The summed E-state index contributed by atoms with van der Waals surface area (Å²) in [5, 5.41) is 11.1. The second kappa shape index (κ2) is 13.9. The number of carbonyl (C=O) groups is 4. The summed E-state index contributed by atoms with van der Waals surface area (Å²) in [6, 6.07) is -0.557. The van der Waals surface area contributed by atoms with Crippen molar-refractivity contribution >= 4 is 30.1 Å². The van der Waals surface area contributed by atoms with Gasteiger partial charge in [-0.2, -0.15) is 13.8 Å². The minimum atomic E-state index is -1.09. The third kappa shape index (κ3) is 10.3. The van der Waals surface area contributed by atoms with Gasteiger partial charge in [0.2, 0.25) is 5.91 Å². The average Bonchev–Trinajstić information content (AvgIpc) is 2.72. The maximum atomic E-state index is 11.7. The minimum absolute atomic E-state index is 0. The van der Waals surface area contributed by atoms with Crippen LogP contribution in [0.1, 0.15) is 26.7 Å². The Bertz CT molecular complexity index is 486. The summed E-state index contributed by atoms with van der Waals surface area (Å²) >= 11 is 0. The number of urea groups is 1. The Morgan fingerprint density at radius 1 is 1.36 bits per heavy atom. The molecule has 139 valence electrons. The molecule has 0 aromatic carbocycles. The number of carboxylic acids is 1. The zero-order valence-electron chi connectivity index (χ0n) is 14.7. The Morgan fingerprint density at radius 2 is 1.92 bits per heavy atom. The third-order valence-electron chi connectivity index (χ3n) is 2.96. The fourth-order valence-electron chi connectivity index (χ4n) is 1.86. The van der Waals surface area contributed by atoms with Crippen molar-refractivity contribution in [2.45, 2.75) is 26.7 Å². The molecule has 10 heteroatoms. The summed E-state index contributed by atoms with van der Waals surface area (Å²) in [7, 11) is 1.45. The number of hydrogen-bond acceptors (Lipinski definition) is 5. The normalized spacial score (nSPS) is 14.2. The van der Waals surface area contributed by atoms with E-state index in [4.69, 9.17) is 5.11 Å². The van der Waals surface area contributed by atoms with Crippen LogP contribution in [0.3, 0.4) is 0 Å². The summed E-state index contributed by atoms with van der Waals surface area (Å²) in [4.78, 5) is 57.6. The number of likely N-dealkylation sites (N-methyl/N-ethyl adjacent to an activating group) is 1. The first-order chi connectivity index (χ1) is 11.3. The molecule has 25 heavy (non-hydrogen) atoms. The summed E-state index contributed by atoms with van der Waals surface area (Å²) in [6.45, 7) is 3.47. The van der Waals surface area contributed by atoms with Gasteiger partial charge in [-0.25, -0.2) is 4.79 Å². The molecule has 1 atom stereocenters. The third-order valence-corrected chi connectivity index (χ3v) is 2.96. The van der Waals surface area contributed by atoms with E-state index >= 15 is 0 Å². The van der Waals surface area contributed by atoms with Crippen molar-refractivity contribution < 1.29 is 61.8 Å². The molecular formula is C15H23N3O6Y-2. The van der Waals surface area contributed by atoms with Crippen molar-refractivity contribution in [3.05, 3.63) is 6.42 Å². The number of carboxylic acid groups (broad SMARTS) is 1. The van der Waals surface area contributed by atoms with Gasteiger partial charge in [-0.15, -0.1) is 6.42 Å². The molecule has 1 aliphatic heterocycles. The first kappa shape index (κ1) is 25.9. The number of aliphatic carboxylic acids is 1. The van der Waals surface area contributed by atoms with Crippen molar-refractivity contribution in [2.24, 2.45) is 5.92 Å². The SMILES string of the molecule is CN1CC(=O)N(CC(=O)NCC(C[C-]=O)CC(=O)O)C1=O.C[CH-]C.[Y]. The van der Waals surface area contributed by atoms with E-state index in [-0.39, 0.29) is 58.6 Å². The van der Waals surface area contributed by atoms with Gasteiger partial charge < -0.3 is 26.5 Å². The van der Waals surface area contributed by atoms with E-state index in [1.807, 2.05) is 20.3 Å². The number of hydrogen-bond donors (Lipinski definition) is 2. The van der Waals surface area contributed by atoms with Gasteiger partial charge in [-0.05, 0) is 5.92 Å². The molecule has 2 N–H and O–H groups in total. The second-order valence-corrected chi connectivity index (χ2v) is 5.31. The molecule has 1 radical (unpaired) electrons. The van der Waals surface area contributed by atoms with E-state index in [1.54, 1.807) is 6.29 Å². The van der Waals surface area contributed by atoms with Crippen LogP contribution in [-0.4, -0.2) is 71.7 Å². The van der Waals surface area contributed by atoms with Crippen molar-refractivity contribution in [1.82, 2.24) is 15.1 Å². The van der Waals surface area contributed by atoms with Gasteiger partial charge in [0, 0.05) is 52.7 Å². The zero-order valence-corrected chi connectivity index (χ0v) is 17.5. The van der Waals surface area contributed by atoms with Crippen LogP contribution in [0.5, 0.6) is 0 Å². The molecule has 1 fully saturated rings. The van der Waals surface area contributed by atoms with Crippen LogP contribution in [0.15, 0.2) is 0 Å². The fraction of sp³-hybridized carbons (Fsp3) is 0.600. The molecule has 1 unspecified atom stereocenters. The largest absolute Gasteiger partial charge is 0.542 e. The number of carbonyl (C=O) groups excluding carboxylic acids is 4. The van der Waals surface area contributed by atoms with Crippen molar-refractivity contribution in [3.63, 3.8) is 0 Å². The summed E-state index contributed by atoms with van der Waals surface area (Å²) in [5.74, 6) is -2.72. The van der Waals surface area contributed by atoms with Crippen LogP contribution in [0, 0.1) is 12.3 Å². The van der Waals surface area contributed by atoms with E-state index in [0.717, 1.165) is 4.90 Å². The number of amides is 4. The standard InChI is InChI=1S/C12H16N3O6.C3H7.Y/c1-14-7-10(18)15(12(14)21)6-9(17)13-5-8(2-3-16)4-11(19)20;1-3-2;/h8H,2,4-7H2,1H3,(H,13,17)(H,19,20);3H,1-2H3;/q2*-1;. The minimum Gasteiger partial charge on any atom is -0.542 e. The predicted molar refractivity (Wildman–Crippen MR) is 84.5 cm³/mol. The molecule has 0 spiro atoms. The van der Waals surface area contributed by atoms with Crippen LogP contribution in [0.2, 0.25) is 0 Å². The first-order valence-electron chi connectivity index (χ1n) is 7.39. The molecule has 0 aliphatic carbocycles. The molecule has 0 saturated carbocycles. The zero-order chi connectivity index (χ0) is 18.7. The molecule has 1 aliphatic rings. The van der Waals surface area contributed by atoms with Gasteiger partial charge in [-0.1, -0.05) is 0 Å². The molecule has 1 heterocycles. The summed E-state index contributed by atoms with van der Waals surface area (Å²) < 4.78 is 0. The van der Waals surface area contributed by atoms with Crippen LogP contribution in [0.25, 0.3) is 0 Å². The molecule has 0 aromatic heterocycles. The molecule has 4 amide bonds. The Hall–Kier alpha value is -1.35. The van der Waals surface area contributed by atoms with Gasteiger partial charge >= 0.3 is 12.0 Å². The van der Waals surface area contributed by atoms with E-state index in [9.17, 15) is 24.0 Å². The van der Waals surface area contributed by atoms with Crippen LogP contribution < -0.4 is 5.32 Å². The predicted octanol–water partition coefficient (Wildman–Crippen LogP) is -0.185. The maximum absolute atomic E-state index is 11.7. The van der Waals surface area contributed by atoms with E-state index in [2.05, 4.69) is 5.32 Å². The fourth-order valence-corrected chi connectivity index (χ4v) is 1.86. The Kier molecular flexibility index (Phi) is 14.4. The monoisotopic (exact) mass is 430 g/mol. The Labute approximate surface area is 172 Å². The molecule has 1 rings (SSSR count). The van der Waals surface area contributed by atoms with E-state index in [0.29, 0.717) is 0 Å².